The highest BCUT2D eigenvalue weighted by Gasteiger charge is 2.30. The van der Waals surface area contributed by atoms with Crippen molar-refractivity contribution >= 4 is 35.0 Å². The molecule has 2 aromatic rings. The lowest BCUT2D eigenvalue weighted by Crippen LogP contribution is -2.31. The minimum atomic E-state index is -0.313. The van der Waals surface area contributed by atoms with E-state index >= 15 is 0 Å². The number of carbonyl (C=O) groups is 4. The summed E-state index contributed by atoms with van der Waals surface area (Å²) in [5.41, 5.74) is 7.05. The standard InChI is InChI=1S/C29H29N2O4/c1-5-20-14-18(15-21(6-2)28(20)30-24(32)9-10-25(30)33)13-19-16-22(7-3)29(23(8-4)17-19)31-26(34)11-12-27(31)35/h9-17H,5-8H2,1-4H3. The molecule has 0 bridgehead atoms. The predicted octanol–water partition coefficient (Wildman–Crippen LogP) is 4.40. The van der Waals surface area contributed by atoms with E-state index in [-0.39, 0.29) is 23.6 Å². The smallest absolute Gasteiger partial charge is 0.258 e. The average Bonchev–Trinajstić information content (AvgIpc) is 3.37. The molecular formula is C29H29N2O4. The van der Waals surface area contributed by atoms with Gasteiger partial charge < -0.3 is 0 Å². The molecule has 0 atom stereocenters. The molecule has 35 heavy (non-hydrogen) atoms. The van der Waals surface area contributed by atoms with Crippen LogP contribution in [0.1, 0.15) is 61.1 Å². The van der Waals surface area contributed by atoms with Gasteiger partial charge in [0, 0.05) is 30.7 Å². The van der Waals surface area contributed by atoms with Gasteiger partial charge in [0.25, 0.3) is 23.6 Å². The van der Waals surface area contributed by atoms with Gasteiger partial charge in [-0.2, -0.15) is 0 Å². The highest BCUT2D eigenvalue weighted by atomic mass is 16.2. The number of nitrogens with zero attached hydrogens (tertiary/aromatic N) is 2. The van der Waals surface area contributed by atoms with Gasteiger partial charge in [-0.25, -0.2) is 9.80 Å². The summed E-state index contributed by atoms with van der Waals surface area (Å²) in [7, 11) is 0. The Balaban J connectivity index is 1.75. The van der Waals surface area contributed by atoms with E-state index < -0.39 is 0 Å². The quantitative estimate of drug-likeness (QED) is 0.537. The van der Waals surface area contributed by atoms with Crippen LogP contribution in [0.5, 0.6) is 0 Å². The zero-order valence-electron chi connectivity index (χ0n) is 20.6. The zero-order valence-corrected chi connectivity index (χ0v) is 20.6. The number of imide groups is 2. The average molecular weight is 470 g/mol. The molecule has 2 aromatic carbocycles. The number of aryl methyl sites for hydroxylation is 4. The van der Waals surface area contributed by atoms with Gasteiger partial charge in [-0.3, -0.25) is 19.2 Å². The second kappa shape index (κ2) is 9.82. The maximum absolute atomic E-state index is 12.4. The number of anilines is 2. The second-order valence-electron chi connectivity index (χ2n) is 8.62. The molecule has 0 fully saturated rings. The van der Waals surface area contributed by atoms with Gasteiger partial charge in [-0.15, -0.1) is 0 Å². The normalized spacial score (nSPS) is 15.3. The van der Waals surface area contributed by atoms with Gasteiger partial charge in [0.05, 0.1) is 11.4 Å². The van der Waals surface area contributed by atoms with E-state index in [1.807, 2.05) is 52.0 Å². The van der Waals surface area contributed by atoms with Crippen LogP contribution >= 0.6 is 0 Å². The number of benzene rings is 2. The molecule has 4 amide bonds. The highest BCUT2D eigenvalue weighted by Crippen LogP contribution is 2.35. The Morgan fingerprint density at radius 3 is 1.00 bits per heavy atom. The fourth-order valence-corrected chi connectivity index (χ4v) is 4.83. The van der Waals surface area contributed by atoms with Crippen molar-refractivity contribution in [3.8, 4) is 0 Å². The molecule has 2 heterocycles. The number of hydrogen-bond acceptors (Lipinski definition) is 4. The van der Waals surface area contributed by atoms with E-state index in [1.54, 1.807) is 0 Å². The molecule has 0 N–H and O–H groups in total. The van der Waals surface area contributed by atoms with E-state index in [2.05, 4.69) is 6.42 Å². The molecule has 6 heteroatoms. The summed E-state index contributed by atoms with van der Waals surface area (Å²) < 4.78 is 0. The minimum Gasteiger partial charge on any atom is -0.269 e. The third kappa shape index (κ3) is 4.36. The summed E-state index contributed by atoms with van der Waals surface area (Å²) in [5.74, 6) is -1.25. The van der Waals surface area contributed by atoms with E-state index in [4.69, 9.17) is 0 Å². The van der Waals surface area contributed by atoms with Gasteiger partial charge in [0.15, 0.2) is 0 Å². The lowest BCUT2D eigenvalue weighted by Gasteiger charge is -2.24. The molecule has 6 nitrogen and oxygen atoms in total. The van der Waals surface area contributed by atoms with Crippen LogP contribution in [0.15, 0.2) is 48.6 Å². The number of carbonyl (C=O) groups excluding carboxylic acids is 4. The lowest BCUT2D eigenvalue weighted by molar-refractivity contribution is -0.121. The van der Waals surface area contributed by atoms with Gasteiger partial charge >= 0.3 is 0 Å². The zero-order chi connectivity index (χ0) is 25.3. The van der Waals surface area contributed by atoms with E-state index in [0.29, 0.717) is 37.1 Å². The Morgan fingerprint density at radius 2 is 0.771 bits per heavy atom. The first kappa shape index (κ1) is 24.3. The Morgan fingerprint density at radius 1 is 0.514 bits per heavy atom. The number of amides is 4. The molecule has 0 aromatic heterocycles. The van der Waals surface area contributed by atoms with Crippen LogP contribution in [0.2, 0.25) is 0 Å². The highest BCUT2D eigenvalue weighted by molar-refractivity contribution is 6.29. The molecule has 1 radical (unpaired) electrons. The maximum atomic E-state index is 12.4. The van der Waals surface area contributed by atoms with Crippen molar-refractivity contribution in [2.75, 3.05) is 9.80 Å². The summed E-state index contributed by atoms with van der Waals surface area (Å²) in [6.07, 6.45) is 10.0. The predicted molar refractivity (Wildman–Crippen MR) is 136 cm³/mol. The molecule has 0 saturated heterocycles. The van der Waals surface area contributed by atoms with Crippen molar-refractivity contribution in [2.24, 2.45) is 0 Å². The first-order chi connectivity index (χ1) is 16.8. The molecule has 2 aliphatic heterocycles. The van der Waals surface area contributed by atoms with Crippen LogP contribution < -0.4 is 9.80 Å². The van der Waals surface area contributed by atoms with E-state index in [9.17, 15) is 19.2 Å². The van der Waals surface area contributed by atoms with Crippen molar-refractivity contribution < 1.29 is 19.2 Å². The molecule has 0 spiro atoms. The molecule has 0 aliphatic carbocycles. The number of hydrogen-bond donors (Lipinski definition) is 0. The topological polar surface area (TPSA) is 74.8 Å². The molecule has 0 unspecified atom stereocenters. The van der Waals surface area contributed by atoms with Gasteiger partial charge in [0.2, 0.25) is 0 Å². The van der Waals surface area contributed by atoms with E-state index in [1.165, 1.54) is 34.1 Å². The lowest BCUT2D eigenvalue weighted by atomic mass is 9.92. The minimum absolute atomic E-state index is 0.313. The first-order valence-electron chi connectivity index (χ1n) is 12.1. The molecule has 0 saturated carbocycles. The summed E-state index contributed by atoms with van der Waals surface area (Å²) >= 11 is 0. The van der Waals surface area contributed by atoms with Gasteiger partial charge in [-0.05, 0) is 59.1 Å². The summed E-state index contributed by atoms with van der Waals surface area (Å²) in [6, 6.07) is 8.10. The Bertz CT molecular complexity index is 1120. The van der Waals surface area contributed by atoms with Gasteiger partial charge in [-0.1, -0.05) is 52.0 Å². The third-order valence-electron chi connectivity index (χ3n) is 6.50. The van der Waals surface area contributed by atoms with Gasteiger partial charge in [0.1, 0.15) is 0 Å². The molecule has 2 aliphatic rings. The molecular weight excluding hydrogens is 440 g/mol. The summed E-state index contributed by atoms with van der Waals surface area (Å²) in [4.78, 5) is 52.0. The van der Waals surface area contributed by atoms with Crippen LogP contribution in [0.4, 0.5) is 11.4 Å². The summed E-state index contributed by atoms with van der Waals surface area (Å²) in [6.45, 7) is 8.05. The van der Waals surface area contributed by atoms with Crippen molar-refractivity contribution in [3.05, 3.63) is 88.4 Å². The van der Waals surface area contributed by atoms with Crippen molar-refractivity contribution in [1.82, 2.24) is 0 Å². The maximum Gasteiger partial charge on any atom is 0.258 e. The van der Waals surface area contributed by atoms with E-state index in [0.717, 1.165) is 33.4 Å². The molecule has 4 rings (SSSR count). The fourth-order valence-electron chi connectivity index (χ4n) is 4.83. The first-order valence-corrected chi connectivity index (χ1v) is 12.1. The Kier molecular flexibility index (Phi) is 6.83. The Labute approximate surface area is 205 Å². The second-order valence-corrected chi connectivity index (χ2v) is 8.62. The largest absolute Gasteiger partial charge is 0.269 e. The fraction of sp³-hybridized carbons (Fsp3) is 0.276. The molecule has 179 valence electrons. The van der Waals surface area contributed by atoms with Crippen LogP contribution in [-0.2, 0) is 44.9 Å². The SMILES string of the molecule is CCc1cc([CH]c2cc(CC)c(N3C(=O)C=CC3=O)c(CC)c2)cc(CC)c1N1C(=O)C=CC1=O. The van der Waals surface area contributed by atoms with Crippen LogP contribution in [0.3, 0.4) is 0 Å². The van der Waals surface area contributed by atoms with Crippen molar-refractivity contribution in [1.29, 1.82) is 0 Å². The van der Waals surface area contributed by atoms with Crippen LogP contribution in [0, 0.1) is 6.42 Å². The van der Waals surface area contributed by atoms with Crippen LogP contribution in [0.25, 0.3) is 0 Å². The van der Waals surface area contributed by atoms with Crippen molar-refractivity contribution in [2.45, 2.75) is 53.4 Å². The Hall–Kier alpha value is -3.80. The number of rotatable bonds is 8. The summed E-state index contributed by atoms with van der Waals surface area (Å²) in [5, 5.41) is 0. The third-order valence-corrected chi connectivity index (χ3v) is 6.50. The monoisotopic (exact) mass is 469 g/mol. The van der Waals surface area contributed by atoms with Crippen LogP contribution in [-0.4, -0.2) is 23.6 Å². The van der Waals surface area contributed by atoms with Crippen molar-refractivity contribution in [3.63, 3.8) is 0 Å².